The number of nitrogens with zero attached hydrogens (tertiary/aromatic N) is 3. The van der Waals surface area contributed by atoms with Crippen LogP contribution in [0.1, 0.15) is 54.4 Å². The van der Waals surface area contributed by atoms with E-state index < -0.39 is 20.9 Å². The van der Waals surface area contributed by atoms with Gasteiger partial charge in [0.2, 0.25) is 10.0 Å². The van der Waals surface area contributed by atoms with Gasteiger partial charge in [-0.2, -0.15) is 9.41 Å². The summed E-state index contributed by atoms with van der Waals surface area (Å²) in [5.74, 6) is -0.547. The fourth-order valence-electron chi connectivity index (χ4n) is 4.51. The molecule has 0 unspecified atom stereocenters. The van der Waals surface area contributed by atoms with Crippen molar-refractivity contribution in [2.75, 3.05) is 6.54 Å². The van der Waals surface area contributed by atoms with Gasteiger partial charge in [-0.1, -0.05) is 37.0 Å². The molecule has 1 N–H and O–H groups in total. The number of hydrazone groups is 1. The van der Waals surface area contributed by atoms with Crippen LogP contribution in [-0.4, -0.2) is 42.4 Å². The number of carbonyl (C=O) groups excluding carboxylic acids is 1. The number of nitro benzene ring substituents is 1. The molecular formula is C24H30N4O5S. The topological polar surface area (TPSA) is 122 Å². The van der Waals surface area contributed by atoms with Gasteiger partial charge in [0.25, 0.3) is 11.6 Å². The Morgan fingerprint density at radius 2 is 1.71 bits per heavy atom. The summed E-state index contributed by atoms with van der Waals surface area (Å²) in [6.45, 7) is 5.14. The zero-order chi connectivity index (χ0) is 24.9. The number of benzene rings is 2. The lowest BCUT2D eigenvalue weighted by Crippen LogP contribution is -2.46. The summed E-state index contributed by atoms with van der Waals surface area (Å²) in [7, 11) is -3.91. The molecule has 9 nitrogen and oxygen atoms in total. The highest BCUT2D eigenvalue weighted by molar-refractivity contribution is 7.89. The normalized spacial score (nSPS) is 15.1. The molecule has 3 rings (SSSR count). The number of nitro groups is 1. The molecule has 34 heavy (non-hydrogen) atoms. The number of hydrogen-bond donors (Lipinski definition) is 1. The smallest absolute Gasteiger partial charge is 0.269 e. The molecule has 1 aliphatic carbocycles. The predicted octanol–water partition coefficient (Wildman–Crippen LogP) is 3.99. The summed E-state index contributed by atoms with van der Waals surface area (Å²) in [4.78, 5) is 23.2. The van der Waals surface area contributed by atoms with Crippen LogP contribution in [0, 0.1) is 30.9 Å². The van der Waals surface area contributed by atoms with Crippen molar-refractivity contribution < 1.29 is 18.1 Å². The van der Waals surface area contributed by atoms with Gasteiger partial charge >= 0.3 is 0 Å². The molecule has 0 bridgehead atoms. The first-order valence-electron chi connectivity index (χ1n) is 11.3. The maximum atomic E-state index is 13.8. The molecule has 1 amide bonds. The van der Waals surface area contributed by atoms with E-state index in [1.54, 1.807) is 13.8 Å². The molecule has 0 heterocycles. The van der Waals surface area contributed by atoms with Crippen molar-refractivity contribution in [3.8, 4) is 0 Å². The molecule has 0 radical (unpaired) electrons. The maximum Gasteiger partial charge on any atom is 0.269 e. The fraction of sp³-hybridized carbons (Fsp3) is 0.417. The molecule has 2 aromatic rings. The second-order valence-electron chi connectivity index (χ2n) is 8.71. The van der Waals surface area contributed by atoms with Gasteiger partial charge in [0, 0.05) is 18.2 Å². The summed E-state index contributed by atoms with van der Waals surface area (Å²) in [5, 5.41) is 14.7. The third-order valence-electron chi connectivity index (χ3n) is 5.96. The number of hydrogen-bond acceptors (Lipinski definition) is 6. The van der Waals surface area contributed by atoms with Crippen LogP contribution >= 0.6 is 0 Å². The Hall–Kier alpha value is -3.11. The van der Waals surface area contributed by atoms with Crippen molar-refractivity contribution in [2.24, 2.45) is 5.10 Å². The highest BCUT2D eigenvalue weighted by Gasteiger charge is 2.35. The Bertz CT molecular complexity index is 1160. The highest BCUT2D eigenvalue weighted by Crippen LogP contribution is 2.31. The van der Waals surface area contributed by atoms with Gasteiger partial charge in [0.15, 0.2) is 0 Å². The van der Waals surface area contributed by atoms with E-state index in [9.17, 15) is 23.3 Å². The van der Waals surface area contributed by atoms with Crippen LogP contribution in [0.5, 0.6) is 0 Å². The molecule has 1 aliphatic rings. The van der Waals surface area contributed by atoms with Gasteiger partial charge in [-0.15, -0.1) is 0 Å². The molecule has 1 saturated carbocycles. The highest BCUT2D eigenvalue weighted by atomic mass is 32.2. The van der Waals surface area contributed by atoms with Crippen LogP contribution in [0.4, 0.5) is 5.69 Å². The van der Waals surface area contributed by atoms with E-state index in [0.717, 1.165) is 24.8 Å². The molecule has 2 aromatic carbocycles. The SMILES string of the molecule is Cc1cc(C)c(S(=O)(=O)N(CC(=O)NN=Cc2ccc([N+](=O)[O-])cc2)C2CCCCC2)c(C)c1. The van der Waals surface area contributed by atoms with E-state index in [0.29, 0.717) is 29.5 Å². The van der Waals surface area contributed by atoms with Crippen molar-refractivity contribution in [1.29, 1.82) is 0 Å². The zero-order valence-corrected chi connectivity index (χ0v) is 20.5. The Kier molecular flexibility index (Phi) is 8.16. The number of rotatable bonds is 8. The summed E-state index contributed by atoms with van der Waals surface area (Å²) in [6.07, 6.45) is 5.67. The van der Waals surface area contributed by atoms with E-state index in [-0.39, 0.29) is 23.2 Å². The fourth-order valence-corrected chi connectivity index (χ4v) is 6.56. The van der Waals surface area contributed by atoms with E-state index >= 15 is 0 Å². The molecule has 0 saturated heterocycles. The number of aryl methyl sites for hydroxylation is 3. The largest absolute Gasteiger partial charge is 0.272 e. The van der Waals surface area contributed by atoms with Crippen molar-refractivity contribution in [3.63, 3.8) is 0 Å². The number of nitrogens with one attached hydrogen (secondary N) is 1. The van der Waals surface area contributed by atoms with Crippen molar-refractivity contribution in [2.45, 2.75) is 63.8 Å². The molecule has 0 aromatic heterocycles. The molecule has 10 heteroatoms. The minimum Gasteiger partial charge on any atom is -0.272 e. The molecule has 0 atom stereocenters. The molecule has 0 aliphatic heterocycles. The van der Waals surface area contributed by atoms with Crippen LogP contribution in [0.15, 0.2) is 46.4 Å². The second kappa shape index (κ2) is 10.9. The second-order valence-corrected chi connectivity index (χ2v) is 10.5. The van der Waals surface area contributed by atoms with Gasteiger partial charge < -0.3 is 0 Å². The lowest BCUT2D eigenvalue weighted by atomic mass is 9.95. The monoisotopic (exact) mass is 486 g/mol. The molecule has 182 valence electrons. The van der Waals surface area contributed by atoms with Gasteiger partial charge in [0.05, 0.1) is 22.6 Å². The summed E-state index contributed by atoms with van der Waals surface area (Å²) < 4.78 is 28.8. The first-order valence-corrected chi connectivity index (χ1v) is 12.7. The average Bonchev–Trinajstić information content (AvgIpc) is 2.77. The number of carbonyl (C=O) groups is 1. The first-order chi connectivity index (χ1) is 16.1. The Labute approximate surface area is 200 Å². The number of non-ortho nitro benzene ring substituents is 1. The number of sulfonamides is 1. The Morgan fingerprint density at radius 3 is 2.26 bits per heavy atom. The van der Waals surface area contributed by atoms with Crippen molar-refractivity contribution in [3.05, 3.63) is 68.8 Å². The maximum absolute atomic E-state index is 13.8. The van der Waals surface area contributed by atoms with Gasteiger partial charge in [-0.05, 0) is 62.4 Å². The quantitative estimate of drug-likeness (QED) is 0.343. The predicted molar refractivity (Wildman–Crippen MR) is 130 cm³/mol. The standard InChI is InChI=1S/C24H30N4O5S/c1-17-13-18(2)24(19(3)14-17)34(32,33)27(21-7-5-4-6-8-21)16-23(29)26-25-15-20-9-11-22(12-10-20)28(30)31/h9-15,21H,4-8,16H2,1-3H3,(H,26,29). The average molecular weight is 487 g/mol. The van der Waals surface area contributed by atoms with E-state index in [4.69, 9.17) is 0 Å². The first kappa shape index (κ1) is 25.5. The van der Waals surface area contributed by atoms with E-state index in [1.807, 2.05) is 19.1 Å². The summed E-state index contributed by atoms with van der Waals surface area (Å²) in [6, 6.07) is 9.13. The Morgan fingerprint density at radius 1 is 1.12 bits per heavy atom. The van der Waals surface area contributed by atoms with Crippen LogP contribution in [0.2, 0.25) is 0 Å². The third-order valence-corrected chi connectivity index (χ3v) is 8.16. The van der Waals surface area contributed by atoms with E-state index in [1.165, 1.54) is 34.8 Å². The Balaban J connectivity index is 1.80. The lowest BCUT2D eigenvalue weighted by Gasteiger charge is -2.33. The van der Waals surface area contributed by atoms with Crippen LogP contribution in [0.25, 0.3) is 0 Å². The molecular weight excluding hydrogens is 456 g/mol. The summed E-state index contributed by atoms with van der Waals surface area (Å²) in [5.41, 5.74) is 5.22. The molecule has 0 spiro atoms. The van der Waals surface area contributed by atoms with Crippen molar-refractivity contribution >= 4 is 27.8 Å². The van der Waals surface area contributed by atoms with Crippen molar-refractivity contribution in [1.82, 2.24) is 9.73 Å². The number of amides is 1. The van der Waals surface area contributed by atoms with Gasteiger partial charge in [0.1, 0.15) is 0 Å². The minimum absolute atomic E-state index is 0.0452. The molecule has 1 fully saturated rings. The minimum atomic E-state index is -3.91. The van der Waals surface area contributed by atoms with E-state index in [2.05, 4.69) is 10.5 Å². The van der Waals surface area contributed by atoms with Crippen LogP contribution < -0.4 is 5.43 Å². The lowest BCUT2D eigenvalue weighted by molar-refractivity contribution is -0.384. The zero-order valence-electron chi connectivity index (χ0n) is 19.7. The van der Waals surface area contributed by atoms with Gasteiger partial charge in [-0.25, -0.2) is 13.8 Å². The third kappa shape index (κ3) is 6.06. The van der Waals surface area contributed by atoms with Crippen LogP contribution in [-0.2, 0) is 14.8 Å². The van der Waals surface area contributed by atoms with Crippen LogP contribution in [0.3, 0.4) is 0 Å². The van der Waals surface area contributed by atoms with Gasteiger partial charge in [-0.3, -0.25) is 14.9 Å². The summed E-state index contributed by atoms with van der Waals surface area (Å²) >= 11 is 0.